The maximum absolute atomic E-state index is 12.4. The average Bonchev–Trinajstić information content (AvgIpc) is 2.46. The van der Waals surface area contributed by atoms with Gasteiger partial charge in [-0.05, 0) is 43.2 Å². The van der Waals surface area contributed by atoms with E-state index in [-0.39, 0.29) is 5.91 Å². The molecule has 4 nitrogen and oxygen atoms in total. The lowest BCUT2D eigenvalue weighted by atomic mass is 9.75. The molecule has 0 bridgehead atoms. The zero-order valence-electron chi connectivity index (χ0n) is 12.4. The molecule has 20 heavy (non-hydrogen) atoms. The molecular weight excluding hydrogens is 250 g/mol. The fourth-order valence-electron chi connectivity index (χ4n) is 2.70. The molecule has 0 saturated heterocycles. The van der Waals surface area contributed by atoms with Crippen LogP contribution in [0, 0.1) is 16.7 Å². The normalized spacial score (nSPS) is 18.3. The second kappa shape index (κ2) is 5.62. The number of carbonyl (C=O) groups excluding carboxylic acids is 1. The fourth-order valence-corrected chi connectivity index (χ4v) is 2.70. The highest BCUT2D eigenvalue weighted by atomic mass is 16.2. The van der Waals surface area contributed by atoms with Gasteiger partial charge >= 0.3 is 0 Å². The van der Waals surface area contributed by atoms with Crippen LogP contribution in [0.5, 0.6) is 0 Å². The largest absolute Gasteiger partial charge is 0.337 e. The van der Waals surface area contributed by atoms with E-state index in [2.05, 4.69) is 18.8 Å². The van der Waals surface area contributed by atoms with Crippen molar-refractivity contribution in [3.05, 3.63) is 29.6 Å². The van der Waals surface area contributed by atoms with Gasteiger partial charge < -0.3 is 4.90 Å². The van der Waals surface area contributed by atoms with Gasteiger partial charge in [0.05, 0.1) is 5.56 Å². The fraction of sp³-hybridized carbons (Fsp3) is 0.562. The molecule has 106 valence electrons. The van der Waals surface area contributed by atoms with Crippen molar-refractivity contribution >= 4 is 5.91 Å². The molecule has 1 aliphatic rings. The van der Waals surface area contributed by atoms with E-state index in [4.69, 9.17) is 5.26 Å². The Hall–Kier alpha value is -1.89. The minimum absolute atomic E-state index is 0.0563. The molecule has 0 spiro atoms. The summed E-state index contributed by atoms with van der Waals surface area (Å²) in [4.78, 5) is 18.3. The average molecular weight is 271 g/mol. The monoisotopic (exact) mass is 271 g/mol. The van der Waals surface area contributed by atoms with Crippen LogP contribution in [0.1, 0.15) is 55.6 Å². The number of hydrogen-bond acceptors (Lipinski definition) is 3. The van der Waals surface area contributed by atoms with Crippen LogP contribution in [0.25, 0.3) is 0 Å². The van der Waals surface area contributed by atoms with E-state index in [1.165, 1.54) is 6.20 Å². The van der Waals surface area contributed by atoms with E-state index in [0.717, 1.165) is 25.7 Å². The zero-order valence-corrected chi connectivity index (χ0v) is 12.4. The Bertz CT molecular complexity index is 518. The van der Waals surface area contributed by atoms with Crippen LogP contribution in [-0.2, 0) is 0 Å². The van der Waals surface area contributed by atoms with Crippen LogP contribution in [0.15, 0.2) is 18.3 Å². The Labute approximate surface area is 120 Å². The highest BCUT2D eigenvalue weighted by Crippen LogP contribution is 2.36. The number of nitrogens with zero attached hydrogens (tertiary/aromatic N) is 3. The highest BCUT2D eigenvalue weighted by molar-refractivity contribution is 5.92. The van der Waals surface area contributed by atoms with Gasteiger partial charge in [-0.2, -0.15) is 5.26 Å². The summed E-state index contributed by atoms with van der Waals surface area (Å²) < 4.78 is 0. The van der Waals surface area contributed by atoms with Gasteiger partial charge in [0.25, 0.3) is 5.91 Å². The lowest BCUT2D eigenvalue weighted by Gasteiger charge is -2.38. The number of aromatic nitrogens is 1. The summed E-state index contributed by atoms with van der Waals surface area (Å²) in [7, 11) is 1.85. The van der Waals surface area contributed by atoms with Gasteiger partial charge in [0, 0.05) is 19.3 Å². The van der Waals surface area contributed by atoms with Crippen LogP contribution >= 0.6 is 0 Å². The smallest absolute Gasteiger partial charge is 0.272 e. The number of pyridine rings is 1. The predicted octanol–water partition coefficient (Wildman–Crippen LogP) is 2.99. The van der Waals surface area contributed by atoms with Crippen molar-refractivity contribution in [3.8, 4) is 6.07 Å². The third kappa shape index (κ3) is 3.16. The maximum atomic E-state index is 12.4. The lowest BCUT2D eigenvalue weighted by Crippen LogP contribution is -2.41. The maximum Gasteiger partial charge on any atom is 0.272 e. The highest BCUT2D eigenvalue weighted by Gasteiger charge is 2.31. The van der Waals surface area contributed by atoms with Crippen molar-refractivity contribution in [1.29, 1.82) is 5.26 Å². The summed E-state index contributed by atoms with van der Waals surface area (Å²) in [6.45, 7) is 4.57. The topological polar surface area (TPSA) is 57.0 Å². The zero-order chi connectivity index (χ0) is 14.8. The van der Waals surface area contributed by atoms with Crippen LogP contribution in [0.2, 0.25) is 0 Å². The van der Waals surface area contributed by atoms with E-state index in [9.17, 15) is 4.79 Å². The molecular formula is C16H21N3O. The molecule has 2 rings (SSSR count). The predicted molar refractivity (Wildman–Crippen MR) is 77.1 cm³/mol. The van der Waals surface area contributed by atoms with Gasteiger partial charge in [0.2, 0.25) is 0 Å². The van der Waals surface area contributed by atoms with Gasteiger partial charge in [-0.1, -0.05) is 13.8 Å². The number of hydrogen-bond donors (Lipinski definition) is 0. The third-order valence-corrected chi connectivity index (χ3v) is 4.29. The van der Waals surface area contributed by atoms with Gasteiger partial charge in [-0.25, -0.2) is 4.98 Å². The molecule has 0 radical (unpaired) electrons. The number of nitriles is 1. The molecule has 1 amide bonds. The summed E-state index contributed by atoms with van der Waals surface area (Å²) in [5.41, 5.74) is 1.28. The molecule has 1 heterocycles. The molecule has 1 aliphatic carbocycles. The van der Waals surface area contributed by atoms with Gasteiger partial charge in [-0.15, -0.1) is 0 Å². The van der Waals surface area contributed by atoms with Crippen LogP contribution in [0.4, 0.5) is 0 Å². The van der Waals surface area contributed by atoms with Gasteiger partial charge in [-0.3, -0.25) is 4.79 Å². The van der Waals surface area contributed by atoms with Gasteiger partial charge in [0.1, 0.15) is 11.8 Å². The van der Waals surface area contributed by atoms with Crippen LogP contribution < -0.4 is 0 Å². The molecule has 0 N–H and O–H groups in total. The van der Waals surface area contributed by atoms with E-state index >= 15 is 0 Å². The summed E-state index contributed by atoms with van der Waals surface area (Å²) in [5.74, 6) is -0.0563. The third-order valence-electron chi connectivity index (χ3n) is 4.29. The minimum atomic E-state index is -0.0563. The number of carbonyl (C=O) groups is 1. The van der Waals surface area contributed by atoms with Crippen molar-refractivity contribution in [2.75, 3.05) is 7.05 Å². The van der Waals surface area contributed by atoms with E-state index < -0.39 is 0 Å². The van der Waals surface area contributed by atoms with Crippen molar-refractivity contribution in [2.24, 2.45) is 5.41 Å². The Morgan fingerprint density at radius 1 is 1.40 bits per heavy atom. The Balaban J connectivity index is 2.03. The first-order valence-electron chi connectivity index (χ1n) is 7.06. The molecule has 1 aromatic heterocycles. The van der Waals surface area contributed by atoms with Crippen molar-refractivity contribution in [3.63, 3.8) is 0 Å². The molecule has 1 saturated carbocycles. The van der Waals surface area contributed by atoms with E-state index in [1.807, 2.05) is 18.0 Å². The van der Waals surface area contributed by atoms with Crippen LogP contribution in [0.3, 0.4) is 0 Å². The first-order chi connectivity index (χ1) is 9.43. The first-order valence-corrected chi connectivity index (χ1v) is 7.06. The Morgan fingerprint density at radius 2 is 2.05 bits per heavy atom. The van der Waals surface area contributed by atoms with Crippen molar-refractivity contribution in [2.45, 2.75) is 45.6 Å². The van der Waals surface area contributed by atoms with Crippen molar-refractivity contribution < 1.29 is 4.79 Å². The first kappa shape index (κ1) is 14.5. The molecule has 0 unspecified atom stereocenters. The van der Waals surface area contributed by atoms with Crippen LogP contribution in [-0.4, -0.2) is 28.9 Å². The van der Waals surface area contributed by atoms with E-state index in [1.54, 1.807) is 12.1 Å². The molecule has 0 aliphatic heterocycles. The number of amides is 1. The quantitative estimate of drug-likeness (QED) is 0.830. The lowest BCUT2D eigenvalue weighted by molar-refractivity contribution is 0.0629. The SMILES string of the molecule is CN(C(=O)c1ccc(C#N)cn1)C1CCC(C)(C)CC1. The molecule has 1 aromatic rings. The molecule has 4 heteroatoms. The number of rotatable bonds is 2. The summed E-state index contributed by atoms with van der Waals surface area (Å²) in [5, 5.41) is 8.74. The van der Waals surface area contributed by atoms with Gasteiger partial charge in [0.15, 0.2) is 0 Å². The van der Waals surface area contributed by atoms with E-state index in [0.29, 0.717) is 22.7 Å². The summed E-state index contributed by atoms with van der Waals surface area (Å²) in [6, 6.07) is 5.57. The minimum Gasteiger partial charge on any atom is -0.337 e. The molecule has 1 fully saturated rings. The second-order valence-corrected chi connectivity index (χ2v) is 6.36. The molecule has 0 aromatic carbocycles. The molecule has 0 atom stereocenters. The summed E-state index contributed by atoms with van der Waals surface area (Å²) in [6.07, 6.45) is 5.84. The Morgan fingerprint density at radius 3 is 2.55 bits per heavy atom. The van der Waals surface area contributed by atoms with Crippen molar-refractivity contribution in [1.82, 2.24) is 9.88 Å². The second-order valence-electron chi connectivity index (χ2n) is 6.36. The Kier molecular flexibility index (Phi) is 4.08. The standard InChI is InChI=1S/C16H21N3O/c1-16(2)8-6-13(7-9-16)19(3)15(20)14-5-4-12(10-17)11-18-14/h4-5,11,13H,6-9H2,1-3H3. The summed E-state index contributed by atoms with van der Waals surface area (Å²) >= 11 is 0.